The molecule has 4 aliphatic rings. The summed E-state index contributed by atoms with van der Waals surface area (Å²) in [6.07, 6.45) is 5.93. The molecule has 0 N–H and O–H groups in total. The van der Waals surface area contributed by atoms with Gasteiger partial charge in [-0.15, -0.1) is 0 Å². The predicted molar refractivity (Wildman–Crippen MR) is 85.9 cm³/mol. The molecule has 4 heteroatoms. The normalized spacial score (nSPS) is 37.0. The Morgan fingerprint density at radius 3 is 2.95 bits per heavy atom. The number of hydrogen-bond acceptors (Lipinski definition) is 3. The fourth-order valence-corrected chi connectivity index (χ4v) is 7.09. The quantitative estimate of drug-likeness (QED) is 0.739. The number of fused-ring (bicyclic) bond motifs is 2. The number of rotatable bonds is 0. The van der Waals surface area contributed by atoms with Crippen molar-refractivity contribution < 1.29 is 8.42 Å². The minimum Gasteiger partial charge on any atom is -0.294 e. The average molecular weight is 311 g/mol. The number of nitrogens with zero attached hydrogens (tertiary/aromatic N) is 1. The van der Waals surface area contributed by atoms with Crippen molar-refractivity contribution >= 4 is 15.4 Å². The van der Waals surface area contributed by atoms with E-state index >= 15 is 0 Å². The first kappa shape index (κ1) is 12.9. The van der Waals surface area contributed by atoms with Crippen LogP contribution in [-0.4, -0.2) is 32.4 Å². The zero-order valence-corrected chi connectivity index (χ0v) is 13.1. The summed E-state index contributed by atoms with van der Waals surface area (Å²) in [5.41, 5.74) is 2.71. The molecule has 0 spiro atoms. The molecule has 1 saturated heterocycles. The maximum Gasteiger partial charge on any atom is 0.204 e. The lowest BCUT2D eigenvalue weighted by Gasteiger charge is -2.43. The van der Waals surface area contributed by atoms with Crippen LogP contribution in [0.2, 0.25) is 0 Å². The number of benzene rings is 1. The van der Waals surface area contributed by atoms with Crippen molar-refractivity contribution in [3.63, 3.8) is 0 Å². The van der Waals surface area contributed by atoms with Gasteiger partial charge in [-0.05, 0) is 30.0 Å². The van der Waals surface area contributed by atoms with Gasteiger partial charge in [-0.2, -0.15) is 0 Å². The van der Waals surface area contributed by atoms with Gasteiger partial charge in [0.2, 0.25) is 9.84 Å². The molecule has 2 bridgehead atoms. The summed E-state index contributed by atoms with van der Waals surface area (Å²) in [7, 11) is -3.37. The molecule has 1 unspecified atom stereocenters. The van der Waals surface area contributed by atoms with Crippen LogP contribution >= 0.6 is 0 Å². The lowest BCUT2D eigenvalue weighted by molar-refractivity contribution is 0.216. The number of sulfone groups is 1. The summed E-state index contributed by atoms with van der Waals surface area (Å²) >= 11 is 0. The van der Waals surface area contributed by atoms with E-state index in [2.05, 4.69) is 17.6 Å². The van der Waals surface area contributed by atoms with Gasteiger partial charge in [0, 0.05) is 24.5 Å². The Morgan fingerprint density at radius 2 is 2.09 bits per heavy atom. The molecule has 1 aliphatic carbocycles. The van der Waals surface area contributed by atoms with E-state index in [1.807, 2.05) is 24.3 Å². The molecule has 1 aromatic rings. The zero-order chi connectivity index (χ0) is 15.1. The van der Waals surface area contributed by atoms with Crippen molar-refractivity contribution in [2.24, 2.45) is 5.41 Å². The molecule has 3 nitrogen and oxygen atoms in total. The zero-order valence-electron chi connectivity index (χ0n) is 12.2. The van der Waals surface area contributed by atoms with E-state index in [4.69, 9.17) is 0 Å². The van der Waals surface area contributed by atoms with Gasteiger partial charge >= 0.3 is 0 Å². The second-order valence-electron chi connectivity index (χ2n) is 6.78. The highest BCUT2D eigenvalue weighted by molar-refractivity contribution is 7.96. The van der Waals surface area contributed by atoms with E-state index in [1.54, 1.807) is 6.07 Å². The van der Waals surface area contributed by atoms with Crippen molar-refractivity contribution in [3.05, 3.63) is 59.0 Å². The first-order chi connectivity index (χ1) is 10.5. The SMILES string of the molecule is C=C1C=C[C@]23CCN(CC4=C2S(=O)(=O)c2ccccc24)[C@H]3C1. The molecule has 3 aliphatic heterocycles. The average Bonchev–Trinajstić information content (AvgIpc) is 2.89. The second kappa shape index (κ2) is 3.81. The minimum absolute atomic E-state index is 0.257. The maximum atomic E-state index is 13.2. The fourth-order valence-electron chi connectivity index (χ4n) is 4.83. The van der Waals surface area contributed by atoms with E-state index in [-0.39, 0.29) is 11.5 Å². The van der Waals surface area contributed by atoms with Crippen LogP contribution in [0.25, 0.3) is 5.57 Å². The highest BCUT2D eigenvalue weighted by Crippen LogP contribution is 2.60. The van der Waals surface area contributed by atoms with Gasteiger partial charge < -0.3 is 0 Å². The van der Waals surface area contributed by atoms with Crippen LogP contribution < -0.4 is 0 Å². The Balaban J connectivity index is 1.85. The first-order valence-corrected chi connectivity index (χ1v) is 9.21. The molecule has 112 valence electrons. The highest BCUT2D eigenvalue weighted by atomic mass is 32.2. The van der Waals surface area contributed by atoms with Gasteiger partial charge in [0.05, 0.1) is 9.80 Å². The Labute approximate surface area is 130 Å². The maximum absolute atomic E-state index is 13.2. The van der Waals surface area contributed by atoms with Crippen molar-refractivity contribution in [2.45, 2.75) is 23.8 Å². The summed E-state index contributed by atoms with van der Waals surface area (Å²) in [5, 5.41) is 0. The summed E-state index contributed by atoms with van der Waals surface area (Å²) in [5.74, 6) is 0. The molecule has 0 amide bonds. The Hall–Kier alpha value is -1.65. The van der Waals surface area contributed by atoms with Gasteiger partial charge in [0.25, 0.3) is 0 Å². The van der Waals surface area contributed by atoms with Gasteiger partial charge in [-0.1, -0.05) is 42.5 Å². The van der Waals surface area contributed by atoms with Gasteiger partial charge in [-0.3, -0.25) is 4.90 Å². The van der Waals surface area contributed by atoms with Crippen molar-refractivity contribution in [1.82, 2.24) is 4.90 Å². The van der Waals surface area contributed by atoms with Crippen molar-refractivity contribution in [2.75, 3.05) is 13.1 Å². The number of allylic oxidation sites excluding steroid dienone is 1. The Kier molecular flexibility index (Phi) is 2.23. The third kappa shape index (κ3) is 1.29. The molecule has 1 fully saturated rings. The summed E-state index contributed by atoms with van der Waals surface area (Å²) < 4.78 is 26.4. The molecule has 0 radical (unpaired) electrons. The smallest absolute Gasteiger partial charge is 0.204 e. The van der Waals surface area contributed by atoms with Crippen LogP contribution in [0, 0.1) is 5.41 Å². The molecule has 3 heterocycles. The molecule has 22 heavy (non-hydrogen) atoms. The lowest BCUT2D eigenvalue weighted by atomic mass is 9.70. The first-order valence-electron chi connectivity index (χ1n) is 7.73. The van der Waals surface area contributed by atoms with Crippen LogP contribution in [0.15, 0.2) is 58.4 Å². The third-order valence-electron chi connectivity index (χ3n) is 5.75. The minimum atomic E-state index is -3.37. The van der Waals surface area contributed by atoms with E-state index in [0.717, 1.165) is 42.6 Å². The van der Waals surface area contributed by atoms with Gasteiger partial charge in [0.15, 0.2) is 0 Å². The molecular weight excluding hydrogens is 294 g/mol. The van der Waals surface area contributed by atoms with Crippen molar-refractivity contribution in [1.29, 1.82) is 0 Å². The van der Waals surface area contributed by atoms with Crippen LogP contribution in [0.4, 0.5) is 0 Å². The second-order valence-corrected chi connectivity index (χ2v) is 8.63. The highest BCUT2D eigenvalue weighted by Gasteiger charge is 2.59. The van der Waals surface area contributed by atoms with E-state index in [9.17, 15) is 8.42 Å². The monoisotopic (exact) mass is 311 g/mol. The van der Waals surface area contributed by atoms with E-state index in [0.29, 0.717) is 9.80 Å². The van der Waals surface area contributed by atoms with Gasteiger partial charge in [0.1, 0.15) is 0 Å². The molecule has 0 saturated carbocycles. The molecule has 0 aromatic heterocycles. The molecular formula is C18H17NO2S. The lowest BCUT2D eigenvalue weighted by Crippen LogP contribution is -2.46. The van der Waals surface area contributed by atoms with Crippen molar-refractivity contribution in [3.8, 4) is 0 Å². The molecule has 1 aromatic carbocycles. The number of hydrogen-bond donors (Lipinski definition) is 0. The van der Waals surface area contributed by atoms with Crippen LogP contribution in [0.1, 0.15) is 18.4 Å². The summed E-state index contributed by atoms with van der Waals surface area (Å²) in [6, 6.07) is 7.72. The van der Waals surface area contributed by atoms with E-state index < -0.39 is 9.84 Å². The van der Waals surface area contributed by atoms with Crippen LogP contribution in [-0.2, 0) is 9.84 Å². The van der Waals surface area contributed by atoms with Gasteiger partial charge in [-0.25, -0.2) is 8.42 Å². The molecule has 3 atom stereocenters. The van der Waals surface area contributed by atoms with Crippen LogP contribution in [0.3, 0.4) is 0 Å². The topological polar surface area (TPSA) is 37.4 Å². The summed E-state index contributed by atoms with van der Waals surface area (Å²) in [6.45, 7) is 5.80. The Bertz CT molecular complexity index is 893. The van der Waals surface area contributed by atoms with E-state index in [1.165, 1.54) is 0 Å². The third-order valence-corrected chi connectivity index (χ3v) is 7.85. The molecule has 5 rings (SSSR count). The summed E-state index contributed by atoms with van der Waals surface area (Å²) in [4.78, 5) is 3.63. The standard InChI is InChI=1S/C18H17NO2S/c1-12-6-7-18-8-9-19(16(18)10-12)11-14-13-4-2-3-5-15(13)22(20,21)17(14)18/h2-7,16H,1,8-11H2/t16-,18+/m0/s1. The largest absolute Gasteiger partial charge is 0.294 e. The van der Waals surface area contributed by atoms with Crippen LogP contribution in [0.5, 0.6) is 0 Å². The fraction of sp³-hybridized carbons (Fsp3) is 0.333. The predicted octanol–water partition coefficient (Wildman–Crippen LogP) is 2.78. The Morgan fingerprint density at radius 1 is 1.27 bits per heavy atom.